The Morgan fingerprint density at radius 1 is 0.786 bits per heavy atom. The molecule has 11 nitrogen and oxygen atoms in total. The Morgan fingerprint density at radius 2 is 1.43 bits per heavy atom. The molecule has 0 unspecified atom stereocenters. The lowest BCUT2D eigenvalue weighted by Crippen LogP contribution is -2.47. The minimum absolute atomic E-state index is 0.435. The average molecular weight is 572 g/mol. The molecule has 0 aliphatic carbocycles. The highest BCUT2D eigenvalue weighted by Crippen LogP contribution is 2.31. The van der Waals surface area contributed by atoms with Crippen molar-refractivity contribution in [2.45, 2.75) is 12.7 Å². The molecular weight excluding hydrogens is 551 g/mol. The molecule has 0 radical (unpaired) electrons. The second kappa shape index (κ2) is 11.9. The number of H-pyrrole nitrogens is 1. The molecule has 0 amide bonds. The molecule has 4 aromatic heterocycles. The van der Waals surface area contributed by atoms with Gasteiger partial charge in [-0.3, -0.25) is 5.10 Å². The first-order valence-electron chi connectivity index (χ1n) is 12.3. The van der Waals surface area contributed by atoms with E-state index >= 15 is 0 Å². The number of hydrogen-bond acceptors (Lipinski definition) is 9. The van der Waals surface area contributed by atoms with Gasteiger partial charge in [-0.25, -0.2) is 29.9 Å². The summed E-state index contributed by atoms with van der Waals surface area (Å²) >= 11 is 0. The fourth-order valence-corrected chi connectivity index (χ4v) is 3.79. The lowest BCUT2D eigenvalue weighted by atomic mass is 10.0. The standard InChI is InChI=1S/C26H19N9.C2HF3O2/c27-15-16-7-9-18(10-8-16)22-21(17-5-2-1-3-6-17)30-19-11-12-20(31-23(19)32-22)24-33-26(35-34-24)25-28-13-4-14-29-25;3-2(4,5)1(6)7/h1-14H,15,27H2,(H,33,34,35);(H,6,7). The largest absolute Gasteiger partial charge is 0.542 e. The van der Waals surface area contributed by atoms with Crippen LogP contribution >= 0.6 is 0 Å². The quantitative estimate of drug-likeness (QED) is 0.315. The first-order valence-corrected chi connectivity index (χ1v) is 12.3. The van der Waals surface area contributed by atoms with Gasteiger partial charge in [0, 0.05) is 29.1 Å². The monoisotopic (exact) mass is 571 g/mol. The van der Waals surface area contributed by atoms with Crippen LogP contribution in [0.4, 0.5) is 13.2 Å². The lowest BCUT2D eigenvalue weighted by molar-refractivity contribution is -0.386. The number of pyridine rings is 1. The number of carboxylic acid groups (broad SMARTS) is 1. The summed E-state index contributed by atoms with van der Waals surface area (Å²) in [6.45, 7) is 0.729. The number of halogens is 3. The van der Waals surface area contributed by atoms with Crippen LogP contribution in [0.1, 0.15) is 5.56 Å². The number of quaternary nitrogens is 1. The average Bonchev–Trinajstić information content (AvgIpc) is 3.51. The number of nitrogens with one attached hydrogen (secondary N) is 1. The van der Waals surface area contributed by atoms with Crippen LogP contribution in [0.3, 0.4) is 0 Å². The first-order chi connectivity index (χ1) is 20.2. The van der Waals surface area contributed by atoms with Crippen LogP contribution in [-0.2, 0) is 11.3 Å². The molecule has 4 heterocycles. The zero-order valence-corrected chi connectivity index (χ0v) is 21.6. The molecular formula is C28H20F3N9O2. The molecule has 6 rings (SSSR count). The summed E-state index contributed by atoms with van der Waals surface area (Å²) in [5.74, 6) is -1.64. The lowest BCUT2D eigenvalue weighted by Gasteiger charge is -2.11. The number of aliphatic carboxylic acids is 1. The van der Waals surface area contributed by atoms with Gasteiger partial charge in [0.1, 0.15) is 17.2 Å². The van der Waals surface area contributed by atoms with Gasteiger partial charge in [-0.05, 0) is 18.2 Å². The maximum Gasteiger partial charge on any atom is 0.430 e. The van der Waals surface area contributed by atoms with Crippen molar-refractivity contribution < 1.29 is 28.8 Å². The maximum absolute atomic E-state index is 10.5. The van der Waals surface area contributed by atoms with Crippen molar-refractivity contribution in [1.29, 1.82) is 0 Å². The zero-order chi connectivity index (χ0) is 29.7. The highest BCUT2D eigenvalue weighted by Gasteiger charge is 2.28. The molecule has 4 N–H and O–H groups in total. The Hall–Kier alpha value is -5.63. The number of carbonyl (C=O) groups is 1. The number of rotatable bonds is 5. The van der Waals surface area contributed by atoms with Crippen LogP contribution in [0.5, 0.6) is 0 Å². The van der Waals surface area contributed by atoms with E-state index in [1.54, 1.807) is 18.5 Å². The Kier molecular flexibility index (Phi) is 7.88. The fraction of sp³-hybridized carbons (Fsp3) is 0.0714. The van der Waals surface area contributed by atoms with E-state index in [4.69, 9.17) is 24.9 Å². The van der Waals surface area contributed by atoms with Crippen molar-refractivity contribution in [3.05, 3.63) is 90.8 Å². The van der Waals surface area contributed by atoms with Crippen molar-refractivity contribution in [2.75, 3.05) is 0 Å². The summed E-state index contributed by atoms with van der Waals surface area (Å²) in [7, 11) is 0. The Labute approximate surface area is 235 Å². The number of hydrogen-bond donors (Lipinski definition) is 2. The second-order valence-corrected chi connectivity index (χ2v) is 8.64. The minimum Gasteiger partial charge on any atom is -0.542 e. The molecule has 6 aromatic rings. The van der Waals surface area contributed by atoms with Crippen molar-refractivity contribution >= 4 is 17.1 Å². The van der Waals surface area contributed by atoms with Crippen molar-refractivity contribution in [3.63, 3.8) is 0 Å². The van der Waals surface area contributed by atoms with Gasteiger partial charge in [-0.15, -0.1) is 0 Å². The normalized spacial score (nSPS) is 11.1. The number of alkyl halides is 3. The van der Waals surface area contributed by atoms with E-state index in [0.29, 0.717) is 34.3 Å². The van der Waals surface area contributed by atoms with E-state index < -0.39 is 12.1 Å². The third kappa shape index (κ3) is 6.23. The molecule has 210 valence electrons. The van der Waals surface area contributed by atoms with Gasteiger partial charge in [-0.1, -0.05) is 54.6 Å². The van der Waals surface area contributed by atoms with Gasteiger partial charge in [0.05, 0.1) is 17.9 Å². The predicted molar refractivity (Wildman–Crippen MR) is 142 cm³/mol. The summed E-state index contributed by atoms with van der Waals surface area (Å²) in [6.07, 6.45) is -1.88. The van der Waals surface area contributed by atoms with E-state index in [-0.39, 0.29) is 0 Å². The summed E-state index contributed by atoms with van der Waals surface area (Å²) in [5, 5.41) is 16.0. The summed E-state index contributed by atoms with van der Waals surface area (Å²) in [5.41, 5.74) is 10.4. The molecule has 14 heteroatoms. The van der Waals surface area contributed by atoms with Crippen LogP contribution in [0.15, 0.2) is 85.2 Å². The Morgan fingerprint density at radius 3 is 2.07 bits per heavy atom. The van der Waals surface area contributed by atoms with Crippen LogP contribution in [-0.4, -0.2) is 52.2 Å². The maximum atomic E-state index is 10.5. The second-order valence-electron chi connectivity index (χ2n) is 8.64. The number of aromatic nitrogens is 8. The number of carboxylic acids is 1. The number of nitrogens with zero attached hydrogens (tertiary/aromatic N) is 7. The van der Waals surface area contributed by atoms with Gasteiger partial charge in [0.15, 0.2) is 23.1 Å². The topological polar surface area (TPSA) is 174 Å². The van der Waals surface area contributed by atoms with Gasteiger partial charge in [0.25, 0.3) is 0 Å². The fourth-order valence-electron chi connectivity index (χ4n) is 3.79. The van der Waals surface area contributed by atoms with Crippen molar-refractivity contribution in [3.8, 4) is 45.7 Å². The third-order valence-electron chi connectivity index (χ3n) is 5.82. The highest BCUT2D eigenvalue weighted by atomic mass is 19.4. The summed E-state index contributed by atoms with van der Waals surface area (Å²) in [4.78, 5) is 36.4. The van der Waals surface area contributed by atoms with Gasteiger partial charge in [-0.2, -0.15) is 18.3 Å². The molecule has 0 aliphatic heterocycles. The zero-order valence-electron chi connectivity index (χ0n) is 21.6. The molecule has 0 aliphatic rings. The van der Waals surface area contributed by atoms with Crippen LogP contribution in [0.25, 0.3) is 56.8 Å². The van der Waals surface area contributed by atoms with Crippen LogP contribution < -0.4 is 10.8 Å². The minimum atomic E-state index is -5.19. The van der Waals surface area contributed by atoms with E-state index in [0.717, 1.165) is 34.6 Å². The molecule has 2 aromatic carbocycles. The molecule has 0 atom stereocenters. The van der Waals surface area contributed by atoms with E-state index in [2.05, 4.69) is 43.0 Å². The van der Waals surface area contributed by atoms with Crippen molar-refractivity contribution in [2.24, 2.45) is 0 Å². The van der Waals surface area contributed by atoms with Gasteiger partial charge < -0.3 is 15.6 Å². The number of carbonyl (C=O) groups excluding carboxylic acids is 1. The third-order valence-corrected chi connectivity index (χ3v) is 5.82. The van der Waals surface area contributed by atoms with Crippen LogP contribution in [0.2, 0.25) is 0 Å². The molecule has 0 fully saturated rings. The highest BCUT2D eigenvalue weighted by molar-refractivity contribution is 5.85. The van der Waals surface area contributed by atoms with E-state index in [9.17, 15) is 13.2 Å². The van der Waals surface area contributed by atoms with E-state index in [1.807, 2.05) is 54.6 Å². The Bertz CT molecular complexity index is 1830. The number of benzene rings is 2. The summed E-state index contributed by atoms with van der Waals surface area (Å²) in [6, 6.07) is 23.8. The smallest absolute Gasteiger partial charge is 0.430 e. The van der Waals surface area contributed by atoms with Gasteiger partial charge in [0.2, 0.25) is 0 Å². The number of aromatic amines is 1. The predicted octanol–water partition coefficient (Wildman–Crippen LogP) is 2.64. The molecule has 0 spiro atoms. The van der Waals surface area contributed by atoms with E-state index in [1.165, 1.54) is 0 Å². The SMILES string of the molecule is O=C([O-])C(F)(F)F.[NH3+]Cc1ccc(-c2nc3nc(-c4n[nH]c(-c5ncccn5)n4)ccc3nc2-c2ccccc2)cc1. The number of fused-ring (bicyclic) bond motifs is 1. The van der Waals surface area contributed by atoms with Crippen molar-refractivity contribution in [1.82, 2.24) is 40.1 Å². The Balaban J connectivity index is 0.000000451. The molecule has 0 bridgehead atoms. The first kappa shape index (κ1) is 27.9. The molecule has 42 heavy (non-hydrogen) atoms. The summed E-state index contributed by atoms with van der Waals surface area (Å²) < 4.78 is 31.5. The van der Waals surface area contributed by atoms with Gasteiger partial charge >= 0.3 is 6.18 Å². The molecule has 0 saturated heterocycles. The van der Waals surface area contributed by atoms with Crippen LogP contribution in [0, 0.1) is 0 Å². The molecule has 0 saturated carbocycles.